The lowest BCUT2D eigenvalue weighted by Crippen LogP contribution is -2.09. The van der Waals surface area contributed by atoms with Gasteiger partial charge >= 0.3 is 0 Å². The highest BCUT2D eigenvalue weighted by Crippen LogP contribution is 2.31. The minimum Gasteiger partial charge on any atom is -0.495 e. The summed E-state index contributed by atoms with van der Waals surface area (Å²) in [7, 11) is 1.61. The molecule has 0 saturated heterocycles. The van der Waals surface area contributed by atoms with Crippen molar-refractivity contribution in [3.05, 3.63) is 53.1 Å². The molecule has 0 saturated carbocycles. The average molecular weight is 306 g/mol. The van der Waals surface area contributed by atoms with Crippen LogP contribution in [0, 0.1) is 0 Å². The Balaban J connectivity index is 2.18. The van der Waals surface area contributed by atoms with Crippen molar-refractivity contribution < 1.29 is 9.47 Å². The predicted molar refractivity (Wildman–Crippen MR) is 87.7 cm³/mol. The highest BCUT2D eigenvalue weighted by molar-refractivity contribution is 6.32. The summed E-state index contributed by atoms with van der Waals surface area (Å²) in [5.41, 5.74) is 2.06. The quantitative estimate of drug-likeness (QED) is 0.821. The fraction of sp³-hybridized carbons (Fsp3) is 0.294. The summed E-state index contributed by atoms with van der Waals surface area (Å²) >= 11 is 6.15. The third kappa shape index (κ3) is 3.82. The largest absolute Gasteiger partial charge is 0.495 e. The van der Waals surface area contributed by atoms with Gasteiger partial charge in [-0.25, -0.2) is 0 Å². The molecular weight excluding hydrogens is 286 g/mol. The third-order valence-electron chi connectivity index (χ3n) is 3.22. The molecule has 0 amide bonds. The zero-order valence-corrected chi connectivity index (χ0v) is 13.3. The number of nitrogens with one attached hydrogen (secondary N) is 1. The van der Waals surface area contributed by atoms with Gasteiger partial charge in [0.1, 0.15) is 11.5 Å². The lowest BCUT2D eigenvalue weighted by molar-refractivity contribution is 0.335. The molecule has 1 unspecified atom stereocenters. The van der Waals surface area contributed by atoms with E-state index < -0.39 is 0 Å². The molecule has 1 atom stereocenters. The number of para-hydroxylation sites is 1. The van der Waals surface area contributed by atoms with Gasteiger partial charge in [-0.2, -0.15) is 0 Å². The van der Waals surface area contributed by atoms with Crippen molar-refractivity contribution in [2.45, 2.75) is 19.9 Å². The first-order chi connectivity index (χ1) is 10.2. The summed E-state index contributed by atoms with van der Waals surface area (Å²) in [5.74, 6) is 1.57. The Hall–Kier alpha value is -1.87. The molecule has 0 radical (unpaired) electrons. The van der Waals surface area contributed by atoms with E-state index in [1.807, 2.05) is 43.3 Å². The lowest BCUT2D eigenvalue weighted by atomic mass is 10.1. The summed E-state index contributed by atoms with van der Waals surface area (Å²) in [4.78, 5) is 0. The maximum absolute atomic E-state index is 6.15. The Bertz CT molecular complexity index is 601. The Kier molecular flexibility index (Phi) is 5.34. The van der Waals surface area contributed by atoms with Gasteiger partial charge in [-0.3, -0.25) is 0 Å². The Morgan fingerprint density at radius 1 is 1.14 bits per heavy atom. The lowest BCUT2D eigenvalue weighted by Gasteiger charge is -2.19. The minimum atomic E-state index is 0.109. The normalized spacial score (nSPS) is 11.8. The van der Waals surface area contributed by atoms with Crippen LogP contribution in [0.15, 0.2) is 42.5 Å². The number of halogens is 1. The van der Waals surface area contributed by atoms with Gasteiger partial charge in [-0.1, -0.05) is 29.8 Å². The molecule has 2 aromatic rings. The number of hydrogen-bond donors (Lipinski definition) is 1. The van der Waals surface area contributed by atoms with E-state index in [9.17, 15) is 0 Å². The van der Waals surface area contributed by atoms with E-state index in [2.05, 4.69) is 18.3 Å². The first-order valence-corrected chi connectivity index (χ1v) is 7.35. The summed E-state index contributed by atoms with van der Waals surface area (Å²) in [6, 6.07) is 13.8. The molecule has 0 aliphatic heterocycles. The standard InChI is InChI=1S/C17H20ClNO2/c1-4-21-16-8-6-5-7-14(16)12(2)19-13-9-10-17(20-3)15(18)11-13/h5-12,19H,4H2,1-3H3. The van der Waals surface area contributed by atoms with Gasteiger partial charge in [0.25, 0.3) is 0 Å². The van der Waals surface area contributed by atoms with E-state index in [1.54, 1.807) is 7.11 Å². The third-order valence-corrected chi connectivity index (χ3v) is 3.52. The van der Waals surface area contributed by atoms with E-state index in [0.29, 0.717) is 17.4 Å². The van der Waals surface area contributed by atoms with Gasteiger partial charge in [0, 0.05) is 11.3 Å². The van der Waals surface area contributed by atoms with Crippen molar-refractivity contribution in [3.8, 4) is 11.5 Å². The Morgan fingerprint density at radius 2 is 1.90 bits per heavy atom. The molecule has 4 heteroatoms. The molecule has 0 aliphatic carbocycles. The second-order valence-electron chi connectivity index (χ2n) is 4.69. The Morgan fingerprint density at radius 3 is 2.57 bits per heavy atom. The van der Waals surface area contributed by atoms with Crippen molar-refractivity contribution in [1.82, 2.24) is 0 Å². The zero-order chi connectivity index (χ0) is 15.2. The number of anilines is 1. The van der Waals surface area contributed by atoms with E-state index in [4.69, 9.17) is 21.1 Å². The molecule has 2 rings (SSSR count). The fourth-order valence-corrected chi connectivity index (χ4v) is 2.47. The molecular formula is C17H20ClNO2. The summed E-state index contributed by atoms with van der Waals surface area (Å²) in [6.45, 7) is 4.73. The summed E-state index contributed by atoms with van der Waals surface area (Å²) in [6.07, 6.45) is 0. The second kappa shape index (κ2) is 7.23. The van der Waals surface area contributed by atoms with Crippen LogP contribution in [-0.2, 0) is 0 Å². The molecule has 0 spiro atoms. The smallest absolute Gasteiger partial charge is 0.137 e. The number of hydrogen-bond acceptors (Lipinski definition) is 3. The molecule has 0 bridgehead atoms. The molecule has 21 heavy (non-hydrogen) atoms. The van der Waals surface area contributed by atoms with E-state index in [-0.39, 0.29) is 6.04 Å². The topological polar surface area (TPSA) is 30.5 Å². The van der Waals surface area contributed by atoms with Crippen LogP contribution in [0.1, 0.15) is 25.5 Å². The first-order valence-electron chi connectivity index (χ1n) is 6.97. The van der Waals surface area contributed by atoms with Crippen molar-refractivity contribution in [2.24, 2.45) is 0 Å². The van der Waals surface area contributed by atoms with Crippen molar-refractivity contribution >= 4 is 17.3 Å². The predicted octanol–water partition coefficient (Wildman–Crippen LogP) is 4.92. The molecule has 0 fully saturated rings. The van der Waals surface area contributed by atoms with Crippen LogP contribution >= 0.6 is 11.6 Å². The molecule has 0 aliphatic rings. The van der Waals surface area contributed by atoms with E-state index in [0.717, 1.165) is 17.0 Å². The van der Waals surface area contributed by atoms with Gasteiger partial charge in [0.15, 0.2) is 0 Å². The highest BCUT2D eigenvalue weighted by atomic mass is 35.5. The van der Waals surface area contributed by atoms with Crippen molar-refractivity contribution in [2.75, 3.05) is 19.0 Å². The first kappa shape index (κ1) is 15.5. The second-order valence-corrected chi connectivity index (χ2v) is 5.09. The molecule has 3 nitrogen and oxygen atoms in total. The summed E-state index contributed by atoms with van der Waals surface area (Å²) in [5, 5.41) is 4.02. The Labute approximate surface area is 130 Å². The molecule has 0 heterocycles. The van der Waals surface area contributed by atoms with Crippen molar-refractivity contribution in [3.63, 3.8) is 0 Å². The van der Waals surface area contributed by atoms with Gasteiger partial charge in [-0.15, -0.1) is 0 Å². The maximum atomic E-state index is 6.15. The van der Waals surface area contributed by atoms with Gasteiger partial charge in [-0.05, 0) is 38.1 Å². The molecule has 0 aromatic heterocycles. The molecule has 112 valence electrons. The van der Waals surface area contributed by atoms with Crippen LogP contribution in [0.4, 0.5) is 5.69 Å². The SMILES string of the molecule is CCOc1ccccc1C(C)Nc1ccc(OC)c(Cl)c1. The number of methoxy groups -OCH3 is 1. The highest BCUT2D eigenvalue weighted by Gasteiger charge is 2.11. The van der Waals surface area contributed by atoms with Gasteiger partial charge in [0.05, 0.1) is 24.8 Å². The van der Waals surface area contributed by atoms with E-state index >= 15 is 0 Å². The fourth-order valence-electron chi connectivity index (χ4n) is 2.21. The average Bonchev–Trinajstić information content (AvgIpc) is 2.48. The van der Waals surface area contributed by atoms with E-state index in [1.165, 1.54) is 0 Å². The summed E-state index contributed by atoms with van der Waals surface area (Å²) < 4.78 is 10.8. The van der Waals surface area contributed by atoms with Crippen LogP contribution in [-0.4, -0.2) is 13.7 Å². The maximum Gasteiger partial charge on any atom is 0.137 e. The zero-order valence-electron chi connectivity index (χ0n) is 12.5. The number of benzene rings is 2. The van der Waals surface area contributed by atoms with Gasteiger partial charge < -0.3 is 14.8 Å². The number of ether oxygens (including phenoxy) is 2. The minimum absolute atomic E-state index is 0.109. The van der Waals surface area contributed by atoms with Crippen LogP contribution in [0.25, 0.3) is 0 Å². The van der Waals surface area contributed by atoms with Crippen LogP contribution < -0.4 is 14.8 Å². The monoisotopic (exact) mass is 305 g/mol. The molecule has 2 aromatic carbocycles. The van der Waals surface area contributed by atoms with Crippen LogP contribution in [0.5, 0.6) is 11.5 Å². The van der Waals surface area contributed by atoms with Gasteiger partial charge in [0.2, 0.25) is 0 Å². The van der Waals surface area contributed by atoms with Crippen molar-refractivity contribution in [1.29, 1.82) is 0 Å². The van der Waals surface area contributed by atoms with Crippen LogP contribution in [0.3, 0.4) is 0 Å². The molecule has 1 N–H and O–H groups in total. The van der Waals surface area contributed by atoms with Crippen LogP contribution in [0.2, 0.25) is 5.02 Å². The number of rotatable bonds is 6.